The molecule has 0 fully saturated rings. The van der Waals surface area contributed by atoms with E-state index >= 15 is 0 Å². The average molecular weight is 219 g/mol. The van der Waals surface area contributed by atoms with Gasteiger partial charge in [0.2, 0.25) is 0 Å². The first-order chi connectivity index (χ1) is 7.22. The fraction of sp³-hybridized carbons (Fsp3) is 0. The number of nitrogens with zero attached hydrogens (tertiary/aromatic N) is 2. The minimum absolute atomic E-state index is 0.406. The smallest absolute Gasteiger partial charge is 0.101 e. The Bertz CT molecular complexity index is 539. The fourth-order valence-electron chi connectivity index (χ4n) is 1.29. The summed E-state index contributed by atoms with van der Waals surface area (Å²) in [6.07, 6.45) is 1.53. The van der Waals surface area contributed by atoms with Gasteiger partial charge in [-0.05, 0) is 12.1 Å². The second kappa shape index (κ2) is 3.64. The van der Waals surface area contributed by atoms with Crippen molar-refractivity contribution >= 4 is 17.3 Å². The van der Waals surface area contributed by atoms with E-state index in [0.29, 0.717) is 22.0 Å². The third-order valence-electron chi connectivity index (χ3n) is 2.05. The van der Waals surface area contributed by atoms with Crippen LogP contribution in [-0.2, 0) is 0 Å². The van der Waals surface area contributed by atoms with Gasteiger partial charge >= 0.3 is 0 Å². The van der Waals surface area contributed by atoms with Gasteiger partial charge in [-0.15, -0.1) is 0 Å². The predicted molar refractivity (Wildman–Crippen MR) is 58.2 cm³/mol. The topological polar surface area (TPSA) is 78.5 Å². The van der Waals surface area contributed by atoms with Crippen LogP contribution in [0.25, 0.3) is 11.3 Å². The minimum Gasteiger partial charge on any atom is -0.396 e. The highest BCUT2D eigenvalue weighted by atomic mass is 35.5. The molecule has 0 aliphatic carbocycles. The second-order valence-corrected chi connectivity index (χ2v) is 3.41. The molecule has 0 amide bonds. The molecule has 15 heavy (non-hydrogen) atoms. The van der Waals surface area contributed by atoms with E-state index in [1.807, 2.05) is 6.07 Å². The normalized spacial score (nSPS) is 9.87. The standard InChI is InChI=1S/C10H7ClN4/c11-8-3-6(1-2-7(8)4-12)10-9(13)5-14-15-10/h1-3,5H,13H2,(H,14,15). The molecule has 1 heterocycles. The number of hydrogen-bond acceptors (Lipinski definition) is 3. The Morgan fingerprint density at radius 1 is 1.47 bits per heavy atom. The van der Waals surface area contributed by atoms with Crippen LogP contribution in [0.5, 0.6) is 0 Å². The molecule has 5 heteroatoms. The zero-order valence-corrected chi connectivity index (χ0v) is 8.42. The number of rotatable bonds is 1. The van der Waals surface area contributed by atoms with E-state index in [9.17, 15) is 0 Å². The highest BCUT2D eigenvalue weighted by Gasteiger charge is 2.07. The van der Waals surface area contributed by atoms with Gasteiger partial charge in [-0.25, -0.2) is 0 Å². The number of nitriles is 1. The summed E-state index contributed by atoms with van der Waals surface area (Å²) in [5, 5.41) is 15.7. The number of H-pyrrole nitrogens is 1. The average Bonchev–Trinajstić information content (AvgIpc) is 2.64. The number of aromatic nitrogens is 2. The number of nitrogens with one attached hydrogen (secondary N) is 1. The van der Waals surface area contributed by atoms with Crippen molar-refractivity contribution in [2.24, 2.45) is 0 Å². The Kier molecular flexibility index (Phi) is 2.32. The van der Waals surface area contributed by atoms with Gasteiger partial charge in [-0.1, -0.05) is 17.7 Å². The van der Waals surface area contributed by atoms with Crippen LogP contribution in [0.2, 0.25) is 5.02 Å². The fourth-order valence-corrected chi connectivity index (χ4v) is 1.51. The van der Waals surface area contributed by atoms with Crippen molar-refractivity contribution in [3.63, 3.8) is 0 Å². The first-order valence-corrected chi connectivity index (χ1v) is 4.59. The second-order valence-electron chi connectivity index (χ2n) is 3.01. The lowest BCUT2D eigenvalue weighted by Crippen LogP contribution is -1.87. The van der Waals surface area contributed by atoms with Crippen LogP contribution in [0, 0.1) is 11.3 Å². The number of benzene rings is 1. The van der Waals surface area contributed by atoms with Gasteiger partial charge in [0.1, 0.15) is 6.07 Å². The van der Waals surface area contributed by atoms with Crippen molar-refractivity contribution in [3.8, 4) is 17.3 Å². The summed E-state index contributed by atoms with van der Waals surface area (Å²) in [7, 11) is 0. The molecule has 0 unspecified atom stereocenters. The van der Waals surface area contributed by atoms with Crippen molar-refractivity contribution in [1.29, 1.82) is 5.26 Å². The van der Waals surface area contributed by atoms with Crippen molar-refractivity contribution in [1.82, 2.24) is 10.2 Å². The number of nitrogens with two attached hydrogens (primary N) is 1. The molecular weight excluding hydrogens is 212 g/mol. The Labute approximate surface area is 91.3 Å². The third-order valence-corrected chi connectivity index (χ3v) is 2.36. The molecule has 0 radical (unpaired) electrons. The molecule has 2 aromatic rings. The zero-order chi connectivity index (χ0) is 10.8. The lowest BCUT2D eigenvalue weighted by Gasteiger charge is -2.01. The Balaban J connectivity index is 2.53. The molecule has 0 aliphatic heterocycles. The van der Waals surface area contributed by atoms with Gasteiger partial charge in [0.05, 0.1) is 28.2 Å². The summed E-state index contributed by atoms with van der Waals surface area (Å²) in [6.45, 7) is 0. The predicted octanol–water partition coefficient (Wildman–Crippen LogP) is 2.18. The highest BCUT2D eigenvalue weighted by molar-refractivity contribution is 6.32. The molecule has 1 aromatic heterocycles. The molecule has 1 aromatic carbocycles. The lowest BCUT2D eigenvalue weighted by atomic mass is 10.1. The van der Waals surface area contributed by atoms with Crippen LogP contribution < -0.4 is 5.73 Å². The number of halogens is 1. The molecular formula is C10H7ClN4. The monoisotopic (exact) mass is 218 g/mol. The Morgan fingerprint density at radius 3 is 2.80 bits per heavy atom. The maximum atomic E-state index is 8.72. The van der Waals surface area contributed by atoms with E-state index in [0.717, 1.165) is 5.56 Å². The number of nitrogen functional groups attached to an aromatic ring is 1. The molecule has 74 valence electrons. The Hall–Kier alpha value is -1.99. The van der Waals surface area contributed by atoms with E-state index in [2.05, 4.69) is 10.2 Å². The van der Waals surface area contributed by atoms with Gasteiger partial charge in [0, 0.05) is 5.56 Å². The Morgan fingerprint density at radius 2 is 2.27 bits per heavy atom. The van der Waals surface area contributed by atoms with Crippen LogP contribution in [0.4, 0.5) is 5.69 Å². The van der Waals surface area contributed by atoms with Crippen molar-refractivity contribution in [2.75, 3.05) is 5.73 Å². The molecule has 2 rings (SSSR count). The van der Waals surface area contributed by atoms with Crippen LogP contribution >= 0.6 is 11.6 Å². The van der Waals surface area contributed by atoms with Crippen LogP contribution in [0.1, 0.15) is 5.56 Å². The summed E-state index contributed by atoms with van der Waals surface area (Å²) in [6, 6.07) is 7.10. The quantitative estimate of drug-likeness (QED) is 0.770. The molecule has 0 saturated heterocycles. The van der Waals surface area contributed by atoms with Crippen molar-refractivity contribution in [3.05, 3.63) is 35.0 Å². The highest BCUT2D eigenvalue weighted by Crippen LogP contribution is 2.27. The van der Waals surface area contributed by atoms with Crippen LogP contribution in [-0.4, -0.2) is 10.2 Å². The van der Waals surface area contributed by atoms with E-state index in [1.165, 1.54) is 6.20 Å². The van der Waals surface area contributed by atoms with Crippen LogP contribution in [0.3, 0.4) is 0 Å². The number of hydrogen-bond donors (Lipinski definition) is 2. The van der Waals surface area contributed by atoms with E-state index < -0.39 is 0 Å². The molecule has 0 aliphatic rings. The largest absolute Gasteiger partial charge is 0.396 e. The number of anilines is 1. The maximum absolute atomic E-state index is 8.72. The summed E-state index contributed by atoms with van der Waals surface area (Å²) in [5.41, 5.74) is 8.21. The van der Waals surface area contributed by atoms with Gasteiger partial charge in [0.15, 0.2) is 0 Å². The summed E-state index contributed by atoms with van der Waals surface area (Å²) < 4.78 is 0. The summed E-state index contributed by atoms with van der Waals surface area (Å²) in [4.78, 5) is 0. The lowest BCUT2D eigenvalue weighted by molar-refractivity contribution is 1.10. The van der Waals surface area contributed by atoms with E-state index in [-0.39, 0.29) is 0 Å². The molecule has 0 saturated carbocycles. The molecule has 0 bridgehead atoms. The van der Waals surface area contributed by atoms with Gasteiger partial charge in [-0.3, -0.25) is 5.10 Å². The first kappa shape index (κ1) is 9.56. The SMILES string of the molecule is N#Cc1ccc(-c2[nH]ncc2N)cc1Cl. The molecule has 0 atom stereocenters. The van der Waals surface area contributed by atoms with Gasteiger partial charge in [0.25, 0.3) is 0 Å². The third kappa shape index (κ3) is 1.65. The minimum atomic E-state index is 0.406. The van der Waals surface area contributed by atoms with Gasteiger partial charge in [-0.2, -0.15) is 10.4 Å². The van der Waals surface area contributed by atoms with Gasteiger partial charge < -0.3 is 5.73 Å². The zero-order valence-electron chi connectivity index (χ0n) is 7.66. The summed E-state index contributed by atoms with van der Waals surface area (Å²) >= 11 is 5.90. The molecule has 3 N–H and O–H groups in total. The molecule has 4 nitrogen and oxygen atoms in total. The maximum Gasteiger partial charge on any atom is 0.101 e. The first-order valence-electron chi connectivity index (χ1n) is 4.21. The van der Waals surface area contributed by atoms with E-state index in [1.54, 1.807) is 18.2 Å². The van der Waals surface area contributed by atoms with Crippen molar-refractivity contribution < 1.29 is 0 Å². The molecule has 0 spiro atoms. The van der Waals surface area contributed by atoms with Crippen molar-refractivity contribution in [2.45, 2.75) is 0 Å². The summed E-state index contributed by atoms with van der Waals surface area (Å²) in [5.74, 6) is 0. The van der Waals surface area contributed by atoms with Crippen LogP contribution in [0.15, 0.2) is 24.4 Å². The number of aromatic amines is 1. The van der Waals surface area contributed by atoms with E-state index in [4.69, 9.17) is 22.6 Å².